The predicted octanol–water partition coefficient (Wildman–Crippen LogP) is 3.01. The quantitative estimate of drug-likeness (QED) is 0.563. The van der Waals surface area contributed by atoms with Crippen LogP contribution in [0.2, 0.25) is 10.4 Å². The maximum absolute atomic E-state index is 9.55. The van der Waals surface area contributed by atoms with E-state index in [0.717, 1.165) is 4.88 Å². The van der Waals surface area contributed by atoms with Crippen molar-refractivity contribution >= 4 is 44.8 Å². The Morgan fingerprint density at radius 2 is 2.00 bits per heavy atom. The van der Waals surface area contributed by atoms with Gasteiger partial charge >= 0.3 is 0 Å². The molecule has 0 atom stereocenters. The summed E-state index contributed by atoms with van der Waals surface area (Å²) in [6.45, 7) is 1.78. The molecule has 0 saturated carbocycles. The Kier molecular flexibility index (Phi) is 2.06. The van der Waals surface area contributed by atoms with Crippen molar-refractivity contribution in [3.05, 3.63) is 15.3 Å². The zero-order chi connectivity index (χ0) is 9.59. The van der Waals surface area contributed by atoms with Crippen LogP contribution in [0.5, 0.6) is 5.75 Å². The first-order chi connectivity index (χ1) is 6.09. The number of nitrogens with zero attached hydrogens (tertiary/aromatic N) is 2. The van der Waals surface area contributed by atoms with E-state index in [4.69, 9.17) is 23.2 Å². The van der Waals surface area contributed by atoms with Crippen molar-refractivity contribution in [1.82, 2.24) is 9.97 Å². The van der Waals surface area contributed by atoms with Gasteiger partial charge in [-0.05, 0) is 18.5 Å². The number of aryl methyl sites for hydroxylation is 1. The Morgan fingerprint density at radius 1 is 1.31 bits per heavy atom. The maximum atomic E-state index is 9.55. The van der Waals surface area contributed by atoms with Gasteiger partial charge in [0, 0.05) is 4.88 Å². The molecule has 0 spiro atoms. The van der Waals surface area contributed by atoms with E-state index >= 15 is 0 Å². The minimum Gasteiger partial charge on any atom is -0.505 e. The number of fused-ring (bicyclic) bond motifs is 1. The molecule has 0 saturated heterocycles. The van der Waals surface area contributed by atoms with Gasteiger partial charge in [0.05, 0.1) is 4.70 Å². The number of hydrogen-bond donors (Lipinski definition) is 1. The normalized spacial score (nSPS) is 11.0. The molecule has 0 bridgehead atoms. The number of hydrogen-bond acceptors (Lipinski definition) is 4. The lowest BCUT2D eigenvalue weighted by Gasteiger charge is -1.93. The molecule has 68 valence electrons. The number of halogens is 2. The van der Waals surface area contributed by atoms with Crippen LogP contribution in [0.15, 0.2) is 0 Å². The summed E-state index contributed by atoms with van der Waals surface area (Å²) in [5.74, 6) is 0.131. The Labute approximate surface area is 88.0 Å². The molecule has 0 unspecified atom stereocenters. The van der Waals surface area contributed by atoms with Gasteiger partial charge in [0.2, 0.25) is 5.28 Å². The van der Waals surface area contributed by atoms with Gasteiger partial charge in [0.1, 0.15) is 5.52 Å². The van der Waals surface area contributed by atoms with E-state index in [-0.39, 0.29) is 16.2 Å². The average Bonchev–Trinajstić information content (AvgIpc) is 2.32. The van der Waals surface area contributed by atoms with E-state index in [1.54, 1.807) is 6.92 Å². The van der Waals surface area contributed by atoms with Crippen LogP contribution >= 0.6 is 34.5 Å². The lowest BCUT2D eigenvalue weighted by atomic mass is 10.4. The van der Waals surface area contributed by atoms with Gasteiger partial charge < -0.3 is 5.11 Å². The minimum atomic E-state index is 0.0469. The van der Waals surface area contributed by atoms with E-state index in [0.29, 0.717) is 10.2 Å². The molecular weight excluding hydrogens is 231 g/mol. The topological polar surface area (TPSA) is 46.0 Å². The van der Waals surface area contributed by atoms with Gasteiger partial charge in [-0.2, -0.15) is 0 Å². The van der Waals surface area contributed by atoms with Crippen molar-refractivity contribution in [2.24, 2.45) is 0 Å². The van der Waals surface area contributed by atoms with E-state index in [9.17, 15) is 5.11 Å². The van der Waals surface area contributed by atoms with Crippen LogP contribution in [0.3, 0.4) is 0 Å². The van der Waals surface area contributed by atoms with Crippen LogP contribution in [-0.4, -0.2) is 15.1 Å². The van der Waals surface area contributed by atoms with Crippen molar-refractivity contribution in [3.63, 3.8) is 0 Å². The van der Waals surface area contributed by atoms with Crippen LogP contribution < -0.4 is 0 Å². The number of thiophene rings is 1. The van der Waals surface area contributed by atoms with E-state index in [1.807, 2.05) is 0 Å². The molecule has 2 aromatic heterocycles. The first kappa shape index (κ1) is 8.99. The molecule has 0 aliphatic carbocycles. The summed E-state index contributed by atoms with van der Waals surface area (Å²) in [5.41, 5.74) is 0.424. The molecule has 0 amide bonds. The SMILES string of the molecule is Cc1sc2c(Cl)nc(Cl)nc2c1O. The third-order valence-electron chi connectivity index (χ3n) is 1.61. The van der Waals surface area contributed by atoms with Gasteiger partial charge in [0.15, 0.2) is 10.9 Å². The van der Waals surface area contributed by atoms with E-state index in [1.165, 1.54) is 11.3 Å². The summed E-state index contributed by atoms with van der Waals surface area (Å²) < 4.78 is 0.668. The van der Waals surface area contributed by atoms with Crippen LogP contribution in [-0.2, 0) is 0 Å². The second-order valence-electron chi connectivity index (χ2n) is 2.47. The summed E-state index contributed by atoms with van der Waals surface area (Å²) in [7, 11) is 0. The van der Waals surface area contributed by atoms with Crippen LogP contribution in [0.25, 0.3) is 10.2 Å². The second kappa shape index (κ2) is 2.97. The van der Waals surface area contributed by atoms with Gasteiger partial charge in [-0.3, -0.25) is 0 Å². The molecule has 2 heterocycles. The molecule has 0 aromatic carbocycles. The largest absolute Gasteiger partial charge is 0.505 e. The highest BCUT2D eigenvalue weighted by Gasteiger charge is 2.13. The van der Waals surface area contributed by atoms with Gasteiger partial charge in [0.25, 0.3) is 0 Å². The molecule has 0 aliphatic rings. The highest BCUT2D eigenvalue weighted by Crippen LogP contribution is 2.38. The molecule has 0 radical (unpaired) electrons. The minimum absolute atomic E-state index is 0.0469. The Morgan fingerprint density at radius 3 is 2.69 bits per heavy atom. The average molecular weight is 235 g/mol. The fraction of sp³-hybridized carbons (Fsp3) is 0.143. The summed E-state index contributed by atoms with van der Waals surface area (Å²) in [6, 6.07) is 0. The summed E-state index contributed by atoms with van der Waals surface area (Å²) >= 11 is 12.8. The molecule has 13 heavy (non-hydrogen) atoms. The first-order valence-corrected chi connectivity index (χ1v) is 4.98. The Bertz CT molecular complexity index is 483. The Balaban J connectivity index is 2.94. The van der Waals surface area contributed by atoms with Crippen molar-refractivity contribution < 1.29 is 5.11 Å². The third-order valence-corrected chi connectivity index (χ3v) is 3.25. The third kappa shape index (κ3) is 1.35. The van der Waals surface area contributed by atoms with Crippen molar-refractivity contribution in [1.29, 1.82) is 0 Å². The predicted molar refractivity (Wildman–Crippen MR) is 53.8 cm³/mol. The van der Waals surface area contributed by atoms with Crippen LogP contribution in [0, 0.1) is 6.92 Å². The highest BCUT2D eigenvalue weighted by atomic mass is 35.5. The maximum Gasteiger partial charge on any atom is 0.224 e. The number of aromatic nitrogens is 2. The molecule has 6 heteroatoms. The summed E-state index contributed by atoms with van der Waals surface area (Å²) in [4.78, 5) is 8.42. The van der Waals surface area contributed by atoms with Gasteiger partial charge in [-0.25, -0.2) is 9.97 Å². The standard InChI is InChI=1S/C7H4Cl2N2OS/c1-2-4(12)3-5(13-2)6(8)11-7(9)10-3/h12H,1H3. The molecule has 0 fully saturated rings. The van der Waals surface area contributed by atoms with Crippen molar-refractivity contribution in [3.8, 4) is 5.75 Å². The molecular formula is C7H4Cl2N2OS. The summed E-state index contributed by atoms with van der Waals surface area (Å²) in [5, 5.41) is 9.88. The monoisotopic (exact) mass is 234 g/mol. The van der Waals surface area contributed by atoms with Crippen molar-refractivity contribution in [2.75, 3.05) is 0 Å². The molecule has 2 rings (SSSR count). The van der Waals surface area contributed by atoms with Crippen LogP contribution in [0.1, 0.15) is 4.88 Å². The summed E-state index contributed by atoms with van der Waals surface area (Å²) in [6.07, 6.45) is 0. The molecule has 1 N–H and O–H groups in total. The smallest absolute Gasteiger partial charge is 0.224 e. The highest BCUT2D eigenvalue weighted by molar-refractivity contribution is 7.20. The lowest BCUT2D eigenvalue weighted by molar-refractivity contribution is 0.479. The van der Waals surface area contributed by atoms with Crippen molar-refractivity contribution in [2.45, 2.75) is 6.92 Å². The number of aromatic hydroxyl groups is 1. The molecule has 2 aromatic rings. The fourth-order valence-corrected chi connectivity index (χ4v) is 2.38. The second-order valence-corrected chi connectivity index (χ2v) is 4.39. The zero-order valence-corrected chi connectivity index (χ0v) is 8.83. The Hall–Kier alpha value is -0.580. The zero-order valence-electron chi connectivity index (χ0n) is 6.51. The molecule has 0 aliphatic heterocycles. The molecule has 3 nitrogen and oxygen atoms in total. The van der Waals surface area contributed by atoms with E-state index in [2.05, 4.69) is 9.97 Å². The number of rotatable bonds is 0. The fourth-order valence-electron chi connectivity index (χ4n) is 1.02. The lowest BCUT2D eigenvalue weighted by Crippen LogP contribution is -1.82. The van der Waals surface area contributed by atoms with Gasteiger partial charge in [-0.15, -0.1) is 11.3 Å². The van der Waals surface area contributed by atoms with Gasteiger partial charge in [-0.1, -0.05) is 11.6 Å². The van der Waals surface area contributed by atoms with E-state index < -0.39 is 0 Å². The first-order valence-electron chi connectivity index (χ1n) is 3.40. The van der Waals surface area contributed by atoms with Crippen LogP contribution in [0.4, 0.5) is 0 Å².